The molecule has 0 saturated carbocycles. The van der Waals surface area contributed by atoms with Crippen LogP contribution >= 0.6 is 45.1 Å². The summed E-state index contributed by atoms with van der Waals surface area (Å²) in [7, 11) is 3.35. The molecule has 0 N–H and O–H groups in total. The molecule has 0 fully saturated rings. The van der Waals surface area contributed by atoms with Crippen LogP contribution in [0.15, 0.2) is 68.1 Å². The van der Waals surface area contributed by atoms with Crippen LogP contribution in [-0.4, -0.2) is 24.1 Å². The Balaban J connectivity index is 2.07. The molecule has 0 unspecified atom stereocenters. The molecule has 0 spiro atoms. The van der Waals surface area contributed by atoms with Crippen LogP contribution in [0.25, 0.3) is 0 Å². The Morgan fingerprint density at radius 3 is 1.36 bits per heavy atom. The zero-order valence-corrected chi connectivity index (χ0v) is 14.9. The lowest BCUT2D eigenvalue weighted by molar-refractivity contribution is -0.106. The zero-order chi connectivity index (χ0) is 15.6. The largest absolute Gasteiger partial charge is 0.302 e. The van der Waals surface area contributed by atoms with Crippen LogP contribution in [0, 0.1) is 0 Å². The number of aldehydes is 2. The molecule has 2 nitrogen and oxygen atoms in total. The number of benzene rings is 2. The molecule has 0 aliphatic rings. The predicted molar refractivity (Wildman–Crippen MR) is 98.2 cm³/mol. The van der Waals surface area contributed by atoms with E-state index in [4.69, 9.17) is 0 Å². The summed E-state index contributed by atoms with van der Waals surface area (Å²) in [6.07, 6.45) is 1.84. The van der Waals surface area contributed by atoms with Gasteiger partial charge in [0.15, 0.2) is 0 Å². The minimum atomic E-state index is 0.466. The van der Waals surface area contributed by atoms with Gasteiger partial charge in [-0.15, -0.1) is 23.5 Å². The maximum Gasteiger partial charge on any atom is 0.130 e. The third kappa shape index (κ3) is 5.43. The van der Waals surface area contributed by atoms with Crippen LogP contribution in [0.2, 0.25) is 0 Å². The SMILES string of the molecule is O=CCSc1ccccc1SSc1ccccc1SCC=O. The molecule has 0 aliphatic carbocycles. The van der Waals surface area contributed by atoms with E-state index in [1.165, 1.54) is 0 Å². The van der Waals surface area contributed by atoms with Crippen molar-refractivity contribution in [1.82, 2.24) is 0 Å². The fraction of sp³-hybridized carbons (Fsp3) is 0.125. The predicted octanol–water partition coefficient (Wildman–Crippen LogP) is 5.07. The second-order valence-electron chi connectivity index (χ2n) is 4.02. The van der Waals surface area contributed by atoms with E-state index < -0.39 is 0 Å². The lowest BCUT2D eigenvalue weighted by Crippen LogP contribution is -1.83. The fourth-order valence-electron chi connectivity index (χ4n) is 1.61. The number of hydrogen-bond donors (Lipinski definition) is 0. The van der Waals surface area contributed by atoms with Crippen LogP contribution in [0.3, 0.4) is 0 Å². The van der Waals surface area contributed by atoms with E-state index in [-0.39, 0.29) is 0 Å². The molecule has 22 heavy (non-hydrogen) atoms. The Morgan fingerprint density at radius 2 is 1.00 bits per heavy atom. The van der Waals surface area contributed by atoms with Crippen molar-refractivity contribution in [3.63, 3.8) is 0 Å². The first-order valence-electron chi connectivity index (χ1n) is 6.50. The average Bonchev–Trinajstić information content (AvgIpc) is 2.57. The highest BCUT2D eigenvalue weighted by atomic mass is 33.1. The summed E-state index contributed by atoms with van der Waals surface area (Å²) >= 11 is 3.09. The van der Waals surface area contributed by atoms with E-state index in [0.29, 0.717) is 11.5 Å². The molecule has 2 aromatic rings. The first-order valence-corrected chi connectivity index (χ1v) is 10.6. The summed E-state index contributed by atoms with van der Waals surface area (Å²) in [6, 6.07) is 16.2. The smallest absolute Gasteiger partial charge is 0.130 e. The Kier molecular flexibility index (Phi) is 8.01. The molecule has 0 atom stereocenters. The van der Waals surface area contributed by atoms with Gasteiger partial charge >= 0.3 is 0 Å². The number of thioether (sulfide) groups is 2. The van der Waals surface area contributed by atoms with Crippen molar-refractivity contribution in [2.45, 2.75) is 19.6 Å². The van der Waals surface area contributed by atoms with Crippen molar-refractivity contribution in [3.05, 3.63) is 48.5 Å². The Morgan fingerprint density at radius 1 is 0.636 bits per heavy atom. The number of hydrogen-bond acceptors (Lipinski definition) is 6. The van der Waals surface area contributed by atoms with Gasteiger partial charge in [0.2, 0.25) is 0 Å². The van der Waals surface area contributed by atoms with E-state index in [2.05, 4.69) is 12.1 Å². The monoisotopic (exact) mass is 366 g/mol. The van der Waals surface area contributed by atoms with Gasteiger partial charge in [0.1, 0.15) is 12.6 Å². The normalized spacial score (nSPS) is 10.4. The van der Waals surface area contributed by atoms with E-state index in [0.717, 1.165) is 32.2 Å². The summed E-state index contributed by atoms with van der Waals surface area (Å²) in [5.41, 5.74) is 0. The molecule has 2 rings (SSSR count). The Hall–Kier alpha value is -0.820. The summed E-state index contributed by atoms with van der Waals surface area (Å²) in [5.74, 6) is 0.933. The maximum absolute atomic E-state index is 10.5. The second kappa shape index (κ2) is 10.0. The van der Waals surface area contributed by atoms with Gasteiger partial charge in [-0.3, -0.25) is 0 Å². The van der Waals surface area contributed by atoms with Gasteiger partial charge in [-0.1, -0.05) is 45.9 Å². The summed E-state index contributed by atoms with van der Waals surface area (Å²) in [5, 5.41) is 0. The highest BCUT2D eigenvalue weighted by Crippen LogP contribution is 2.44. The number of rotatable bonds is 9. The third-order valence-corrected chi connectivity index (χ3v) is 7.21. The molecule has 0 saturated heterocycles. The van der Waals surface area contributed by atoms with Crippen molar-refractivity contribution in [3.8, 4) is 0 Å². The van der Waals surface area contributed by atoms with E-state index in [9.17, 15) is 9.59 Å². The zero-order valence-electron chi connectivity index (χ0n) is 11.6. The summed E-state index contributed by atoms with van der Waals surface area (Å²) < 4.78 is 0. The van der Waals surface area contributed by atoms with E-state index in [1.807, 2.05) is 36.4 Å². The van der Waals surface area contributed by atoms with Crippen LogP contribution in [0.4, 0.5) is 0 Å². The van der Waals surface area contributed by atoms with Crippen LogP contribution in [0.5, 0.6) is 0 Å². The molecule has 0 heterocycles. The molecule has 0 amide bonds. The standard InChI is InChI=1S/C16H14O2S4/c17-9-11-19-13-5-1-3-7-15(13)21-22-16-8-4-2-6-14(16)20-12-10-18/h1-10H,11-12H2. The number of carbonyl (C=O) groups is 2. The first kappa shape index (κ1) is 17.5. The van der Waals surface area contributed by atoms with Crippen LogP contribution in [0.1, 0.15) is 0 Å². The van der Waals surface area contributed by atoms with Crippen molar-refractivity contribution in [2.24, 2.45) is 0 Å². The van der Waals surface area contributed by atoms with Gasteiger partial charge in [0.05, 0.1) is 11.5 Å². The topological polar surface area (TPSA) is 34.1 Å². The molecule has 114 valence electrons. The Labute approximate surface area is 146 Å². The van der Waals surface area contributed by atoms with E-state index >= 15 is 0 Å². The van der Waals surface area contributed by atoms with Gasteiger partial charge in [-0.25, -0.2) is 0 Å². The lowest BCUT2D eigenvalue weighted by atomic mass is 10.4. The summed E-state index contributed by atoms with van der Waals surface area (Å²) in [4.78, 5) is 25.6. The van der Waals surface area contributed by atoms with Gasteiger partial charge in [0.25, 0.3) is 0 Å². The van der Waals surface area contributed by atoms with Gasteiger partial charge in [-0.05, 0) is 24.3 Å². The molecular weight excluding hydrogens is 352 g/mol. The lowest BCUT2D eigenvalue weighted by Gasteiger charge is -2.09. The van der Waals surface area contributed by atoms with Gasteiger partial charge in [0, 0.05) is 19.6 Å². The molecular formula is C16H14O2S4. The quantitative estimate of drug-likeness (QED) is 0.350. The minimum Gasteiger partial charge on any atom is -0.302 e. The molecule has 0 aliphatic heterocycles. The first-order chi connectivity index (χ1) is 10.8. The molecule has 0 aromatic heterocycles. The van der Waals surface area contributed by atoms with Crippen LogP contribution in [-0.2, 0) is 9.59 Å². The highest BCUT2D eigenvalue weighted by Gasteiger charge is 2.07. The summed E-state index contributed by atoms with van der Waals surface area (Å²) in [6.45, 7) is 0. The average molecular weight is 367 g/mol. The molecule has 0 radical (unpaired) electrons. The fourth-order valence-corrected chi connectivity index (χ4v) is 5.96. The van der Waals surface area contributed by atoms with Crippen molar-refractivity contribution in [2.75, 3.05) is 11.5 Å². The van der Waals surface area contributed by atoms with E-state index in [1.54, 1.807) is 45.1 Å². The van der Waals surface area contributed by atoms with Crippen LogP contribution < -0.4 is 0 Å². The molecule has 2 aromatic carbocycles. The van der Waals surface area contributed by atoms with Gasteiger partial charge in [-0.2, -0.15) is 0 Å². The van der Waals surface area contributed by atoms with Gasteiger partial charge < -0.3 is 9.59 Å². The Bertz CT molecular complexity index is 576. The molecule has 6 heteroatoms. The van der Waals surface area contributed by atoms with Crippen molar-refractivity contribution >= 4 is 57.7 Å². The minimum absolute atomic E-state index is 0.466. The number of carbonyl (C=O) groups excluding carboxylic acids is 2. The molecule has 0 bridgehead atoms. The third-order valence-electron chi connectivity index (χ3n) is 2.53. The maximum atomic E-state index is 10.5. The van der Waals surface area contributed by atoms with Crippen molar-refractivity contribution in [1.29, 1.82) is 0 Å². The highest BCUT2D eigenvalue weighted by molar-refractivity contribution is 8.76. The van der Waals surface area contributed by atoms with Crippen molar-refractivity contribution < 1.29 is 9.59 Å². The second-order valence-corrected chi connectivity index (χ2v) is 8.35.